The predicted octanol–water partition coefficient (Wildman–Crippen LogP) is 5.68. The van der Waals surface area contributed by atoms with Crippen molar-refractivity contribution in [1.29, 1.82) is 0 Å². The molecule has 4 heterocycles. The number of nitro groups is 1. The number of aryl methyl sites for hydroxylation is 1. The van der Waals surface area contributed by atoms with Gasteiger partial charge in [-0.1, -0.05) is 44.4 Å². The Bertz CT molecular complexity index is 1090. The minimum Gasteiger partial charge on any atom is -0.348 e. The van der Waals surface area contributed by atoms with Gasteiger partial charge in [-0.05, 0) is 57.9 Å². The van der Waals surface area contributed by atoms with Crippen LogP contribution in [-0.2, 0) is 4.79 Å². The van der Waals surface area contributed by atoms with E-state index < -0.39 is 0 Å². The standard InChI is InChI=1S/C27H40N6O3S/c1-17(2)26-30-29-18(3)32(26)22-15-20-9-10-21(16-22)31(20)14-13-23(24-11-12-25(37-24)33(35)36)28-27(34)19-7-5-4-6-8-19/h11-12,17,19-23H,4-10,13-16H2,1-3H3,(H,28,34)/t20-,21-,23-/m0/s1. The molecule has 37 heavy (non-hydrogen) atoms. The Morgan fingerprint density at radius 1 is 1.11 bits per heavy atom. The van der Waals surface area contributed by atoms with Gasteiger partial charge in [0.15, 0.2) is 0 Å². The Kier molecular flexibility index (Phi) is 7.95. The van der Waals surface area contributed by atoms with Crippen molar-refractivity contribution >= 4 is 22.2 Å². The molecule has 3 aliphatic rings. The number of thiophene rings is 1. The lowest BCUT2D eigenvalue weighted by Crippen LogP contribution is -2.45. The topological polar surface area (TPSA) is 106 Å². The molecule has 2 bridgehead atoms. The zero-order valence-electron chi connectivity index (χ0n) is 22.3. The van der Waals surface area contributed by atoms with Crippen LogP contribution in [0.15, 0.2) is 12.1 Å². The molecule has 1 N–H and O–H groups in total. The maximum atomic E-state index is 13.1. The first kappa shape index (κ1) is 26.3. The number of hydrogen-bond donors (Lipinski definition) is 1. The summed E-state index contributed by atoms with van der Waals surface area (Å²) in [6.07, 6.45) is 10.7. The zero-order chi connectivity index (χ0) is 26.1. The molecule has 0 radical (unpaired) electrons. The number of nitrogens with one attached hydrogen (secondary N) is 1. The number of amides is 1. The predicted molar refractivity (Wildman–Crippen MR) is 144 cm³/mol. The monoisotopic (exact) mass is 528 g/mol. The summed E-state index contributed by atoms with van der Waals surface area (Å²) in [5, 5.41) is 23.6. The summed E-state index contributed by atoms with van der Waals surface area (Å²) in [6.45, 7) is 7.31. The van der Waals surface area contributed by atoms with Gasteiger partial charge in [0.25, 0.3) is 0 Å². The highest BCUT2D eigenvalue weighted by Crippen LogP contribution is 2.43. The van der Waals surface area contributed by atoms with Crippen LogP contribution in [0.3, 0.4) is 0 Å². The molecule has 1 aliphatic carbocycles. The van der Waals surface area contributed by atoms with E-state index in [4.69, 9.17) is 0 Å². The van der Waals surface area contributed by atoms with Gasteiger partial charge in [0.05, 0.1) is 11.0 Å². The number of carbonyl (C=O) groups is 1. The van der Waals surface area contributed by atoms with Crippen molar-refractivity contribution < 1.29 is 9.72 Å². The molecule has 3 fully saturated rings. The number of hydrogen-bond acceptors (Lipinski definition) is 7. The number of nitrogens with zero attached hydrogens (tertiary/aromatic N) is 5. The van der Waals surface area contributed by atoms with Crippen LogP contribution in [0.4, 0.5) is 5.00 Å². The lowest BCUT2D eigenvalue weighted by Gasteiger charge is -2.40. The van der Waals surface area contributed by atoms with E-state index in [1.807, 2.05) is 6.07 Å². The van der Waals surface area contributed by atoms with E-state index in [-0.39, 0.29) is 27.8 Å². The summed E-state index contributed by atoms with van der Waals surface area (Å²) in [6, 6.07) is 4.68. The first-order valence-electron chi connectivity index (χ1n) is 14.0. The van der Waals surface area contributed by atoms with Gasteiger partial charge in [0.1, 0.15) is 11.6 Å². The zero-order valence-corrected chi connectivity index (χ0v) is 23.1. The van der Waals surface area contributed by atoms with E-state index in [9.17, 15) is 14.9 Å². The second kappa shape index (κ2) is 11.2. The Hall–Kier alpha value is -2.33. The largest absolute Gasteiger partial charge is 0.348 e. The molecule has 2 saturated heterocycles. The highest BCUT2D eigenvalue weighted by atomic mass is 32.1. The van der Waals surface area contributed by atoms with Crippen molar-refractivity contribution in [3.63, 3.8) is 0 Å². The fourth-order valence-corrected chi connectivity index (χ4v) is 7.80. The van der Waals surface area contributed by atoms with E-state index in [1.54, 1.807) is 6.07 Å². The molecule has 0 unspecified atom stereocenters. The van der Waals surface area contributed by atoms with Crippen molar-refractivity contribution in [3.8, 4) is 0 Å². The van der Waals surface area contributed by atoms with Crippen molar-refractivity contribution in [2.45, 2.75) is 115 Å². The van der Waals surface area contributed by atoms with Crippen molar-refractivity contribution in [3.05, 3.63) is 38.8 Å². The third kappa shape index (κ3) is 5.60. The van der Waals surface area contributed by atoms with Crippen LogP contribution in [0.25, 0.3) is 0 Å². The molecule has 3 atom stereocenters. The fourth-order valence-electron chi connectivity index (χ4n) is 6.90. The second-order valence-corrected chi connectivity index (χ2v) is 12.6. The normalized spacial score (nSPS) is 25.5. The second-order valence-electron chi connectivity index (χ2n) is 11.5. The van der Waals surface area contributed by atoms with Crippen LogP contribution in [0, 0.1) is 23.0 Å². The molecular weight excluding hydrogens is 488 g/mol. The summed E-state index contributed by atoms with van der Waals surface area (Å²) in [4.78, 5) is 27.7. The van der Waals surface area contributed by atoms with Crippen LogP contribution in [0.5, 0.6) is 0 Å². The lowest BCUT2D eigenvalue weighted by molar-refractivity contribution is -0.380. The molecule has 2 aliphatic heterocycles. The van der Waals surface area contributed by atoms with Crippen molar-refractivity contribution in [2.24, 2.45) is 5.92 Å². The van der Waals surface area contributed by atoms with Gasteiger partial charge in [-0.25, -0.2) is 0 Å². The Labute approximate surface area is 223 Å². The maximum absolute atomic E-state index is 13.1. The van der Waals surface area contributed by atoms with Gasteiger partial charge in [-0.15, -0.1) is 10.2 Å². The van der Waals surface area contributed by atoms with Gasteiger partial charge >= 0.3 is 5.00 Å². The highest BCUT2D eigenvalue weighted by molar-refractivity contribution is 7.15. The third-order valence-electron chi connectivity index (χ3n) is 8.74. The molecule has 10 heteroatoms. The van der Waals surface area contributed by atoms with Gasteiger partial charge in [0, 0.05) is 47.4 Å². The van der Waals surface area contributed by atoms with Gasteiger partial charge in [0.2, 0.25) is 5.91 Å². The third-order valence-corrected chi connectivity index (χ3v) is 9.89. The SMILES string of the molecule is Cc1nnc(C(C)C)n1C1C[C@@H]2CC[C@@H](C1)N2CC[C@H](NC(=O)C1CCCCC1)c1ccc([N+](=O)[O-])s1. The molecular formula is C27H40N6O3S. The summed E-state index contributed by atoms with van der Waals surface area (Å²) in [5.74, 6) is 2.62. The fraction of sp³-hybridized carbons (Fsp3) is 0.741. The Morgan fingerprint density at radius 2 is 1.81 bits per heavy atom. The molecule has 0 aromatic carbocycles. The van der Waals surface area contributed by atoms with Crippen LogP contribution < -0.4 is 5.32 Å². The quantitative estimate of drug-likeness (QED) is 0.332. The van der Waals surface area contributed by atoms with Gasteiger partial charge in [-0.3, -0.25) is 19.8 Å². The molecule has 2 aromatic rings. The van der Waals surface area contributed by atoms with Crippen LogP contribution in [0.1, 0.15) is 113 Å². The summed E-state index contributed by atoms with van der Waals surface area (Å²) >= 11 is 1.20. The average molecular weight is 529 g/mol. The Balaban J connectivity index is 1.27. The first-order valence-corrected chi connectivity index (χ1v) is 14.8. The van der Waals surface area contributed by atoms with Gasteiger partial charge in [-0.2, -0.15) is 0 Å². The van der Waals surface area contributed by atoms with E-state index in [2.05, 4.69) is 45.8 Å². The lowest BCUT2D eigenvalue weighted by atomic mass is 9.88. The molecule has 202 valence electrons. The highest BCUT2D eigenvalue weighted by Gasteiger charge is 2.42. The molecule has 1 saturated carbocycles. The molecule has 1 amide bonds. The van der Waals surface area contributed by atoms with E-state index in [0.717, 1.165) is 68.0 Å². The van der Waals surface area contributed by atoms with Crippen LogP contribution in [0.2, 0.25) is 0 Å². The molecule has 9 nitrogen and oxygen atoms in total. The molecule has 0 spiro atoms. The number of piperidine rings is 1. The van der Waals surface area contributed by atoms with E-state index in [0.29, 0.717) is 24.0 Å². The average Bonchev–Trinajstić information content (AvgIpc) is 3.58. The molecule has 2 aromatic heterocycles. The van der Waals surface area contributed by atoms with Crippen molar-refractivity contribution in [1.82, 2.24) is 25.0 Å². The molecule has 5 rings (SSSR count). The minimum absolute atomic E-state index is 0.0697. The van der Waals surface area contributed by atoms with Crippen LogP contribution >= 0.6 is 11.3 Å². The van der Waals surface area contributed by atoms with E-state index in [1.165, 1.54) is 30.6 Å². The van der Waals surface area contributed by atoms with Crippen molar-refractivity contribution in [2.75, 3.05) is 6.54 Å². The summed E-state index contributed by atoms with van der Waals surface area (Å²) < 4.78 is 2.38. The summed E-state index contributed by atoms with van der Waals surface area (Å²) in [7, 11) is 0. The maximum Gasteiger partial charge on any atom is 0.324 e. The van der Waals surface area contributed by atoms with Gasteiger partial charge < -0.3 is 9.88 Å². The minimum atomic E-state index is -0.336. The smallest absolute Gasteiger partial charge is 0.324 e. The summed E-state index contributed by atoms with van der Waals surface area (Å²) in [5.41, 5.74) is 0. The first-order chi connectivity index (χ1) is 17.8. The number of aromatic nitrogens is 3. The van der Waals surface area contributed by atoms with E-state index >= 15 is 0 Å². The number of fused-ring (bicyclic) bond motifs is 2. The number of carbonyl (C=O) groups excluding carboxylic acids is 1. The van der Waals surface area contributed by atoms with Crippen LogP contribution in [-0.4, -0.2) is 49.1 Å². The Morgan fingerprint density at radius 3 is 2.43 bits per heavy atom. The number of rotatable bonds is 9.